The number of carbonyl (C=O) groups is 1. The second-order valence-electron chi connectivity index (χ2n) is 4.18. The fraction of sp³-hybridized carbons (Fsp3) is 0.200. The molecule has 0 amide bonds. The van der Waals surface area contributed by atoms with Crippen LogP contribution in [0.4, 0.5) is 0 Å². The summed E-state index contributed by atoms with van der Waals surface area (Å²) in [6.45, 7) is 1.74. The molecule has 2 aromatic rings. The van der Waals surface area contributed by atoms with Gasteiger partial charge in [0.25, 0.3) is 0 Å². The van der Waals surface area contributed by atoms with Gasteiger partial charge >= 0.3 is 5.97 Å². The zero-order valence-electron chi connectivity index (χ0n) is 11.9. The number of carboxylic acids is 1. The van der Waals surface area contributed by atoms with Crippen LogP contribution in [0, 0.1) is 6.92 Å². The smallest absolute Gasteiger partial charge is 0.355 e. The van der Waals surface area contributed by atoms with E-state index in [-0.39, 0.29) is 5.69 Å². The summed E-state index contributed by atoms with van der Waals surface area (Å²) in [5.41, 5.74) is 0.929. The average molecular weight is 305 g/mol. The topological polar surface area (TPSA) is 68.7 Å². The Kier molecular flexibility index (Phi) is 4.59. The molecule has 0 saturated carbocycles. The second-order valence-corrected chi connectivity index (χ2v) is 5.41. The minimum atomic E-state index is -1.01. The number of ether oxygens (including phenoxy) is 2. The Hall–Kier alpha value is -2.34. The number of aryl methyl sites for hydroxylation is 1. The number of aromatic nitrogens is 1. The minimum absolute atomic E-state index is 0.0947. The van der Waals surface area contributed by atoms with E-state index in [0.717, 1.165) is 5.56 Å². The van der Waals surface area contributed by atoms with Gasteiger partial charge in [-0.2, -0.15) is 0 Å². The van der Waals surface area contributed by atoms with Gasteiger partial charge in [-0.05, 0) is 25.1 Å². The molecule has 0 atom stereocenters. The van der Waals surface area contributed by atoms with E-state index in [1.165, 1.54) is 11.3 Å². The number of methoxy groups -OCH3 is 2. The highest BCUT2D eigenvalue weighted by Gasteiger charge is 2.13. The predicted octanol–water partition coefficient (Wildman–Crippen LogP) is 3.34. The number of nitrogens with zero attached hydrogens (tertiary/aromatic N) is 1. The van der Waals surface area contributed by atoms with Gasteiger partial charge in [0.1, 0.15) is 5.01 Å². The van der Waals surface area contributed by atoms with Crippen LogP contribution >= 0.6 is 11.3 Å². The van der Waals surface area contributed by atoms with E-state index in [1.807, 2.05) is 24.3 Å². The fourth-order valence-electron chi connectivity index (χ4n) is 1.89. The van der Waals surface area contributed by atoms with Gasteiger partial charge in [0.15, 0.2) is 17.2 Å². The molecule has 0 spiro atoms. The molecule has 0 aliphatic carbocycles. The third-order valence-electron chi connectivity index (χ3n) is 2.85. The van der Waals surface area contributed by atoms with Gasteiger partial charge in [-0.15, -0.1) is 11.3 Å². The SMILES string of the molecule is COc1cccc(/C=C/c2nc(C(=O)O)c(C)s2)c1OC. The van der Waals surface area contributed by atoms with Crippen molar-refractivity contribution in [2.75, 3.05) is 14.2 Å². The lowest BCUT2D eigenvalue weighted by atomic mass is 10.1. The van der Waals surface area contributed by atoms with Crippen LogP contribution in [-0.2, 0) is 0 Å². The van der Waals surface area contributed by atoms with Crippen LogP contribution in [0.3, 0.4) is 0 Å². The van der Waals surface area contributed by atoms with E-state index in [0.29, 0.717) is 21.4 Å². The highest BCUT2D eigenvalue weighted by atomic mass is 32.1. The van der Waals surface area contributed by atoms with Crippen molar-refractivity contribution in [2.24, 2.45) is 0 Å². The van der Waals surface area contributed by atoms with Crippen molar-refractivity contribution in [2.45, 2.75) is 6.92 Å². The van der Waals surface area contributed by atoms with E-state index < -0.39 is 5.97 Å². The Morgan fingerprint density at radius 3 is 2.62 bits per heavy atom. The predicted molar refractivity (Wildman–Crippen MR) is 82.3 cm³/mol. The Morgan fingerprint density at radius 1 is 1.29 bits per heavy atom. The molecule has 21 heavy (non-hydrogen) atoms. The van der Waals surface area contributed by atoms with Crippen molar-refractivity contribution in [3.8, 4) is 11.5 Å². The first-order valence-electron chi connectivity index (χ1n) is 6.16. The first-order chi connectivity index (χ1) is 10.1. The van der Waals surface area contributed by atoms with Crippen LogP contribution < -0.4 is 9.47 Å². The average Bonchev–Trinajstić information content (AvgIpc) is 2.85. The van der Waals surface area contributed by atoms with Crippen LogP contribution in [0.2, 0.25) is 0 Å². The lowest BCUT2D eigenvalue weighted by molar-refractivity contribution is 0.0690. The minimum Gasteiger partial charge on any atom is -0.493 e. The molecule has 6 heteroatoms. The van der Waals surface area contributed by atoms with Crippen molar-refractivity contribution in [1.29, 1.82) is 0 Å². The maximum absolute atomic E-state index is 11.0. The van der Waals surface area contributed by atoms with Gasteiger partial charge in [-0.1, -0.05) is 12.1 Å². The molecule has 1 aromatic heterocycles. The Morgan fingerprint density at radius 2 is 2.05 bits per heavy atom. The largest absolute Gasteiger partial charge is 0.493 e. The van der Waals surface area contributed by atoms with Gasteiger partial charge in [0, 0.05) is 10.4 Å². The molecule has 110 valence electrons. The van der Waals surface area contributed by atoms with Crippen LogP contribution in [0.15, 0.2) is 18.2 Å². The molecule has 0 aliphatic heterocycles. The van der Waals surface area contributed by atoms with Crippen molar-refractivity contribution >= 4 is 29.5 Å². The highest BCUT2D eigenvalue weighted by molar-refractivity contribution is 7.12. The lowest BCUT2D eigenvalue weighted by Gasteiger charge is -2.09. The number of rotatable bonds is 5. The number of thiazole rings is 1. The van der Waals surface area contributed by atoms with E-state index in [4.69, 9.17) is 14.6 Å². The number of carboxylic acid groups (broad SMARTS) is 1. The summed E-state index contributed by atoms with van der Waals surface area (Å²) < 4.78 is 10.6. The maximum Gasteiger partial charge on any atom is 0.355 e. The number of benzene rings is 1. The number of hydrogen-bond donors (Lipinski definition) is 1. The summed E-state index contributed by atoms with van der Waals surface area (Å²) in [5.74, 6) is 0.256. The lowest BCUT2D eigenvalue weighted by Crippen LogP contribution is -1.98. The first-order valence-corrected chi connectivity index (χ1v) is 6.98. The first kappa shape index (κ1) is 15.1. The van der Waals surface area contributed by atoms with Crippen LogP contribution in [0.25, 0.3) is 12.2 Å². The van der Waals surface area contributed by atoms with Crippen molar-refractivity contribution in [3.05, 3.63) is 39.3 Å². The molecule has 0 radical (unpaired) electrons. The van der Waals surface area contributed by atoms with Crippen LogP contribution in [-0.4, -0.2) is 30.3 Å². The van der Waals surface area contributed by atoms with Gasteiger partial charge in [-0.25, -0.2) is 9.78 Å². The van der Waals surface area contributed by atoms with Crippen molar-refractivity contribution in [3.63, 3.8) is 0 Å². The summed E-state index contributed by atoms with van der Waals surface area (Å²) >= 11 is 1.33. The number of aromatic carboxylic acids is 1. The zero-order chi connectivity index (χ0) is 15.4. The normalized spacial score (nSPS) is 10.8. The highest BCUT2D eigenvalue weighted by Crippen LogP contribution is 2.32. The van der Waals surface area contributed by atoms with Crippen molar-refractivity contribution < 1.29 is 19.4 Å². The molecule has 0 aliphatic rings. The Labute approximate surface area is 126 Å². The Balaban J connectivity index is 2.33. The van der Waals surface area contributed by atoms with E-state index in [1.54, 1.807) is 27.2 Å². The molecule has 0 bridgehead atoms. The van der Waals surface area contributed by atoms with Crippen molar-refractivity contribution in [1.82, 2.24) is 4.98 Å². The van der Waals surface area contributed by atoms with E-state index >= 15 is 0 Å². The van der Waals surface area contributed by atoms with E-state index in [9.17, 15) is 4.79 Å². The number of hydrogen-bond acceptors (Lipinski definition) is 5. The third-order valence-corrected chi connectivity index (χ3v) is 3.79. The molecule has 2 rings (SSSR count). The summed E-state index contributed by atoms with van der Waals surface area (Å²) in [7, 11) is 3.15. The fourth-order valence-corrected chi connectivity index (χ4v) is 2.71. The molecule has 0 fully saturated rings. The second kappa shape index (κ2) is 6.41. The quantitative estimate of drug-likeness (QED) is 0.917. The van der Waals surface area contributed by atoms with Gasteiger partial charge in [0.2, 0.25) is 0 Å². The summed E-state index contributed by atoms with van der Waals surface area (Å²) in [6.07, 6.45) is 3.59. The molecule has 0 unspecified atom stereocenters. The molecule has 1 N–H and O–H groups in total. The molecule has 0 saturated heterocycles. The molecule has 5 nitrogen and oxygen atoms in total. The van der Waals surface area contributed by atoms with Gasteiger partial charge < -0.3 is 14.6 Å². The maximum atomic E-state index is 11.0. The third kappa shape index (κ3) is 3.22. The standard InChI is InChI=1S/C15H15NO4S/c1-9-13(15(17)18)16-12(21-9)8-7-10-5-4-6-11(19-2)14(10)20-3/h4-8H,1-3H3,(H,17,18)/b8-7+. The summed E-state index contributed by atoms with van der Waals surface area (Å²) in [4.78, 5) is 15.7. The molecular formula is C15H15NO4S. The van der Waals surface area contributed by atoms with E-state index in [2.05, 4.69) is 4.98 Å². The summed E-state index contributed by atoms with van der Waals surface area (Å²) in [5, 5.41) is 9.63. The van der Waals surface area contributed by atoms with Gasteiger partial charge in [0.05, 0.1) is 14.2 Å². The molecular weight excluding hydrogens is 290 g/mol. The summed E-state index contributed by atoms with van der Waals surface area (Å²) in [6, 6.07) is 5.56. The monoisotopic (exact) mass is 305 g/mol. The molecule has 1 heterocycles. The van der Waals surface area contributed by atoms with Crippen LogP contribution in [0.1, 0.15) is 25.9 Å². The van der Waals surface area contributed by atoms with Crippen LogP contribution in [0.5, 0.6) is 11.5 Å². The Bertz CT molecular complexity index is 691. The number of para-hydroxylation sites is 1. The molecule has 1 aromatic carbocycles. The zero-order valence-corrected chi connectivity index (χ0v) is 12.7. The van der Waals surface area contributed by atoms with Gasteiger partial charge in [-0.3, -0.25) is 0 Å².